The van der Waals surface area contributed by atoms with Crippen molar-refractivity contribution in [1.29, 1.82) is 0 Å². The van der Waals surface area contributed by atoms with E-state index in [-0.39, 0.29) is 6.42 Å². The Kier molecular flexibility index (Phi) is 3.74. The Hall–Kier alpha value is -1.03. The normalized spacial score (nSPS) is 11.1. The van der Waals surface area contributed by atoms with Crippen molar-refractivity contribution >= 4 is 27.6 Å². The molecule has 0 aliphatic heterocycles. The fourth-order valence-corrected chi connectivity index (χ4v) is 1.73. The summed E-state index contributed by atoms with van der Waals surface area (Å²) in [7, 11) is 0. The molecule has 0 unspecified atom stereocenters. The molecule has 0 saturated carbocycles. The van der Waals surface area contributed by atoms with Crippen molar-refractivity contribution in [1.82, 2.24) is 0 Å². The number of hydrogen-bond donors (Lipinski definition) is 2. The van der Waals surface area contributed by atoms with Gasteiger partial charge in [-0.25, -0.2) is 0 Å². The topological polar surface area (TPSA) is 49.3 Å². The van der Waals surface area contributed by atoms with E-state index in [2.05, 4.69) is 21.2 Å². The van der Waals surface area contributed by atoms with Crippen LogP contribution in [0.2, 0.25) is 0 Å². The predicted molar refractivity (Wildman–Crippen MR) is 64.1 cm³/mol. The Labute approximate surface area is 97.6 Å². The third kappa shape index (κ3) is 3.91. The number of aliphatic carboxylic acids is 1. The highest BCUT2D eigenvalue weighted by atomic mass is 79.9. The van der Waals surface area contributed by atoms with E-state index in [1.165, 1.54) is 0 Å². The average molecular weight is 272 g/mol. The van der Waals surface area contributed by atoms with Crippen LogP contribution in [0.1, 0.15) is 20.3 Å². The Morgan fingerprint density at radius 1 is 1.47 bits per heavy atom. The molecule has 0 aliphatic rings. The zero-order valence-electron chi connectivity index (χ0n) is 8.75. The molecule has 0 atom stereocenters. The molecule has 1 rings (SSSR count). The summed E-state index contributed by atoms with van der Waals surface area (Å²) in [4.78, 5) is 10.6. The summed E-state index contributed by atoms with van der Waals surface area (Å²) in [6.07, 6.45) is 0.0777. The van der Waals surface area contributed by atoms with Crippen LogP contribution in [0.5, 0.6) is 0 Å². The van der Waals surface area contributed by atoms with Crippen LogP contribution in [0.3, 0.4) is 0 Å². The maximum Gasteiger partial charge on any atom is 0.305 e. The Bertz CT molecular complexity index is 363. The molecule has 3 nitrogen and oxygen atoms in total. The van der Waals surface area contributed by atoms with Gasteiger partial charge in [-0.2, -0.15) is 0 Å². The van der Waals surface area contributed by atoms with E-state index < -0.39 is 11.5 Å². The summed E-state index contributed by atoms with van der Waals surface area (Å²) >= 11 is 3.41. The number of halogens is 1. The van der Waals surface area contributed by atoms with Crippen LogP contribution in [0, 0.1) is 0 Å². The SMILES string of the molecule is CC(C)(CC(=O)O)Nc1ccccc1Br. The molecule has 2 N–H and O–H groups in total. The Balaban J connectivity index is 2.77. The Morgan fingerprint density at radius 2 is 2.07 bits per heavy atom. The first-order valence-corrected chi connectivity index (χ1v) is 5.44. The van der Waals surface area contributed by atoms with Crippen LogP contribution in [0.4, 0.5) is 5.69 Å². The minimum Gasteiger partial charge on any atom is -0.481 e. The van der Waals surface area contributed by atoms with Crippen LogP contribution >= 0.6 is 15.9 Å². The number of anilines is 1. The van der Waals surface area contributed by atoms with Gasteiger partial charge in [0.25, 0.3) is 0 Å². The highest BCUT2D eigenvalue weighted by Gasteiger charge is 2.21. The average Bonchev–Trinajstić information content (AvgIpc) is 2.06. The summed E-state index contributed by atoms with van der Waals surface area (Å²) in [5.74, 6) is -0.806. The fraction of sp³-hybridized carbons (Fsp3) is 0.364. The van der Waals surface area contributed by atoms with Gasteiger partial charge in [-0.05, 0) is 41.9 Å². The molecule has 0 saturated heterocycles. The van der Waals surface area contributed by atoms with Crippen molar-refractivity contribution in [2.45, 2.75) is 25.8 Å². The molecule has 4 heteroatoms. The van der Waals surface area contributed by atoms with Gasteiger partial charge in [0.1, 0.15) is 0 Å². The molecule has 0 amide bonds. The number of carboxylic acids is 1. The van der Waals surface area contributed by atoms with Gasteiger partial charge in [-0.1, -0.05) is 12.1 Å². The van der Waals surface area contributed by atoms with E-state index in [1.807, 2.05) is 38.1 Å². The molecule has 15 heavy (non-hydrogen) atoms. The second-order valence-corrected chi connectivity index (χ2v) is 4.91. The third-order valence-corrected chi connectivity index (χ3v) is 2.63. The summed E-state index contributed by atoms with van der Waals surface area (Å²) in [6, 6.07) is 7.65. The minimum atomic E-state index is -0.806. The van der Waals surface area contributed by atoms with E-state index in [0.717, 1.165) is 10.2 Å². The van der Waals surface area contributed by atoms with Gasteiger partial charge in [0.15, 0.2) is 0 Å². The number of carbonyl (C=O) groups is 1. The zero-order valence-corrected chi connectivity index (χ0v) is 10.3. The van der Waals surface area contributed by atoms with Crippen LogP contribution in [0.25, 0.3) is 0 Å². The number of para-hydroxylation sites is 1. The maximum atomic E-state index is 10.6. The first-order valence-electron chi connectivity index (χ1n) is 4.65. The first-order chi connectivity index (χ1) is 6.91. The molecule has 0 fully saturated rings. The van der Waals surface area contributed by atoms with E-state index in [9.17, 15) is 4.79 Å². The monoisotopic (exact) mass is 271 g/mol. The number of nitrogens with one attached hydrogen (secondary N) is 1. The molecule has 1 aromatic carbocycles. The molecule has 0 aromatic heterocycles. The van der Waals surface area contributed by atoms with Crippen molar-refractivity contribution in [2.75, 3.05) is 5.32 Å². The molecule has 0 aliphatic carbocycles. The summed E-state index contributed by atoms with van der Waals surface area (Å²) in [6.45, 7) is 3.72. The third-order valence-electron chi connectivity index (χ3n) is 1.94. The molecular weight excluding hydrogens is 258 g/mol. The molecule has 0 radical (unpaired) electrons. The van der Waals surface area contributed by atoms with Crippen LogP contribution in [0.15, 0.2) is 28.7 Å². The summed E-state index contributed by atoms with van der Waals surface area (Å²) < 4.78 is 0.934. The summed E-state index contributed by atoms with van der Waals surface area (Å²) in [5, 5.41) is 11.9. The lowest BCUT2D eigenvalue weighted by Crippen LogP contribution is -2.33. The number of benzene rings is 1. The van der Waals surface area contributed by atoms with E-state index >= 15 is 0 Å². The summed E-state index contributed by atoms with van der Waals surface area (Å²) in [5.41, 5.74) is 0.444. The van der Waals surface area contributed by atoms with Crippen molar-refractivity contribution in [3.63, 3.8) is 0 Å². The highest BCUT2D eigenvalue weighted by molar-refractivity contribution is 9.10. The van der Waals surface area contributed by atoms with Gasteiger partial charge in [-0.3, -0.25) is 4.79 Å². The van der Waals surface area contributed by atoms with Gasteiger partial charge in [-0.15, -0.1) is 0 Å². The van der Waals surface area contributed by atoms with Crippen molar-refractivity contribution in [2.24, 2.45) is 0 Å². The quantitative estimate of drug-likeness (QED) is 0.885. The number of carboxylic acid groups (broad SMARTS) is 1. The van der Waals surface area contributed by atoms with Gasteiger partial charge < -0.3 is 10.4 Å². The smallest absolute Gasteiger partial charge is 0.305 e. The lowest BCUT2D eigenvalue weighted by molar-refractivity contribution is -0.137. The lowest BCUT2D eigenvalue weighted by Gasteiger charge is -2.26. The lowest BCUT2D eigenvalue weighted by atomic mass is 10.0. The minimum absolute atomic E-state index is 0.0777. The molecule has 0 heterocycles. The number of hydrogen-bond acceptors (Lipinski definition) is 2. The van der Waals surface area contributed by atoms with Crippen molar-refractivity contribution in [3.8, 4) is 0 Å². The van der Waals surface area contributed by atoms with Gasteiger partial charge in [0.05, 0.1) is 6.42 Å². The van der Waals surface area contributed by atoms with Crippen LogP contribution in [-0.4, -0.2) is 16.6 Å². The van der Waals surface area contributed by atoms with Gasteiger partial charge in [0, 0.05) is 15.7 Å². The van der Waals surface area contributed by atoms with Crippen LogP contribution in [-0.2, 0) is 4.79 Å². The standard InChI is InChI=1S/C11H14BrNO2/c1-11(2,7-10(14)15)13-9-6-4-3-5-8(9)12/h3-6,13H,7H2,1-2H3,(H,14,15). The fourth-order valence-electron chi connectivity index (χ4n) is 1.35. The molecule has 0 spiro atoms. The van der Waals surface area contributed by atoms with E-state index in [4.69, 9.17) is 5.11 Å². The Morgan fingerprint density at radius 3 is 2.60 bits per heavy atom. The number of rotatable bonds is 4. The van der Waals surface area contributed by atoms with Gasteiger partial charge >= 0.3 is 5.97 Å². The molecule has 82 valence electrons. The molecular formula is C11H14BrNO2. The molecule has 0 bridgehead atoms. The van der Waals surface area contributed by atoms with Crippen LogP contribution < -0.4 is 5.32 Å². The maximum absolute atomic E-state index is 10.6. The second-order valence-electron chi connectivity index (χ2n) is 4.06. The van der Waals surface area contributed by atoms with E-state index in [1.54, 1.807) is 0 Å². The van der Waals surface area contributed by atoms with Crippen molar-refractivity contribution < 1.29 is 9.90 Å². The zero-order chi connectivity index (χ0) is 11.5. The highest BCUT2D eigenvalue weighted by Crippen LogP contribution is 2.25. The first kappa shape index (κ1) is 12.0. The second kappa shape index (κ2) is 4.66. The van der Waals surface area contributed by atoms with Gasteiger partial charge in [0.2, 0.25) is 0 Å². The largest absolute Gasteiger partial charge is 0.481 e. The predicted octanol–water partition coefficient (Wildman–Crippen LogP) is 3.11. The van der Waals surface area contributed by atoms with Crippen molar-refractivity contribution in [3.05, 3.63) is 28.7 Å². The van der Waals surface area contributed by atoms with E-state index in [0.29, 0.717) is 0 Å². The molecule has 1 aromatic rings.